The molecule has 0 radical (unpaired) electrons. The molecule has 0 amide bonds. The molecule has 0 atom stereocenters. The topological polar surface area (TPSA) is 26.3 Å². The molecule has 0 saturated carbocycles. The number of carbonyl (C=O) groups excluding carboxylic acids is 1. The van der Waals surface area contributed by atoms with E-state index in [1.165, 1.54) is 30.5 Å². The van der Waals surface area contributed by atoms with Crippen LogP contribution in [0.15, 0.2) is 42.5 Å². The Bertz CT molecular complexity index is 647. The second-order valence-electron chi connectivity index (χ2n) is 5.66. The summed E-state index contributed by atoms with van der Waals surface area (Å²) in [6, 6.07) is 12.0. The summed E-state index contributed by atoms with van der Waals surface area (Å²) in [7, 11) is 0. The van der Waals surface area contributed by atoms with Crippen molar-refractivity contribution in [2.24, 2.45) is 0 Å². The lowest BCUT2D eigenvalue weighted by atomic mass is 10.1. The minimum atomic E-state index is -0.534. The molecule has 0 aliphatic rings. The van der Waals surface area contributed by atoms with Crippen LogP contribution in [0, 0.1) is 5.82 Å². The minimum Gasteiger partial charge on any atom is -0.420 e. The van der Waals surface area contributed by atoms with Gasteiger partial charge in [-0.1, -0.05) is 44.9 Å². The van der Waals surface area contributed by atoms with Crippen LogP contribution in [0.3, 0.4) is 0 Å². The quantitative estimate of drug-likeness (QED) is 0.392. The zero-order valence-electron chi connectivity index (χ0n) is 13.8. The van der Waals surface area contributed by atoms with E-state index in [-0.39, 0.29) is 5.75 Å². The zero-order chi connectivity index (χ0) is 16.7. The highest BCUT2D eigenvalue weighted by molar-refractivity contribution is 5.91. The maximum absolute atomic E-state index is 13.9. The lowest BCUT2D eigenvalue weighted by molar-refractivity contribution is 0.0728. The van der Waals surface area contributed by atoms with Crippen LogP contribution in [0.25, 0.3) is 0 Å². The van der Waals surface area contributed by atoms with Gasteiger partial charge >= 0.3 is 5.97 Å². The Balaban J connectivity index is 2.00. The van der Waals surface area contributed by atoms with E-state index < -0.39 is 11.8 Å². The van der Waals surface area contributed by atoms with Gasteiger partial charge in [-0.15, -0.1) is 0 Å². The van der Waals surface area contributed by atoms with Crippen LogP contribution < -0.4 is 4.74 Å². The smallest absolute Gasteiger partial charge is 0.343 e. The standard InChI is InChI=1S/C20H23FO2/c1-3-5-6-7-16-8-11-17(12-9-16)20(22)23-19-13-10-15(4-2)14-18(19)21/h8-14H,3-7H2,1-2H3. The summed E-state index contributed by atoms with van der Waals surface area (Å²) in [4.78, 5) is 12.1. The lowest BCUT2D eigenvalue weighted by Crippen LogP contribution is -2.09. The van der Waals surface area contributed by atoms with E-state index in [0.29, 0.717) is 5.56 Å². The highest BCUT2D eigenvalue weighted by Gasteiger charge is 2.12. The fraction of sp³-hybridized carbons (Fsp3) is 0.350. The van der Waals surface area contributed by atoms with Gasteiger partial charge < -0.3 is 4.74 Å². The molecule has 0 spiro atoms. The molecule has 0 saturated heterocycles. The summed E-state index contributed by atoms with van der Waals surface area (Å²) >= 11 is 0. The molecule has 0 unspecified atom stereocenters. The number of unbranched alkanes of at least 4 members (excludes halogenated alkanes) is 2. The first-order valence-corrected chi connectivity index (χ1v) is 8.23. The number of esters is 1. The van der Waals surface area contributed by atoms with Crippen molar-refractivity contribution >= 4 is 5.97 Å². The number of ether oxygens (including phenoxy) is 1. The molecule has 0 fully saturated rings. The molecule has 0 aliphatic carbocycles. The Kier molecular flexibility index (Phi) is 6.33. The molecular weight excluding hydrogens is 291 g/mol. The fourth-order valence-corrected chi connectivity index (χ4v) is 2.39. The van der Waals surface area contributed by atoms with Crippen LogP contribution in [0.5, 0.6) is 5.75 Å². The SMILES string of the molecule is CCCCCc1ccc(C(=O)Oc2ccc(CC)cc2F)cc1. The molecule has 3 heteroatoms. The van der Waals surface area contributed by atoms with Gasteiger partial charge in [0.15, 0.2) is 11.6 Å². The molecule has 122 valence electrons. The van der Waals surface area contributed by atoms with Gasteiger partial charge in [-0.05, 0) is 54.7 Å². The van der Waals surface area contributed by atoms with Crippen molar-refractivity contribution in [2.45, 2.75) is 46.0 Å². The lowest BCUT2D eigenvalue weighted by Gasteiger charge is -2.07. The summed E-state index contributed by atoms with van der Waals surface area (Å²) in [6.45, 7) is 4.12. The van der Waals surface area contributed by atoms with Crippen LogP contribution in [0.4, 0.5) is 4.39 Å². The average molecular weight is 314 g/mol. The monoisotopic (exact) mass is 314 g/mol. The van der Waals surface area contributed by atoms with Crippen molar-refractivity contribution in [3.63, 3.8) is 0 Å². The van der Waals surface area contributed by atoms with E-state index in [4.69, 9.17) is 4.74 Å². The first-order valence-electron chi connectivity index (χ1n) is 8.23. The van der Waals surface area contributed by atoms with E-state index in [1.807, 2.05) is 19.1 Å². The molecule has 0 heterocycles. The van der Waals surface area contributed by atoms with E-state index in [2.05, 4.69) is 6.92 Å². The minimum absolute atomic E-state index is 0.0285. The molecule has 0 N–H and O–H groups in total. The first kappa shape index (κ1) is 17.2. The highest BCUT2D eigenvalue weighted by Crippen LogP contribution is 2.20. The third kappa shape index (κ3) is 4.92. The molecule has 0 aromatic heterocycles. The summed E-state index contributed by atoms with van der Waals surface area (Å²) in [6.07, 6.45) is 5.29. The van der Waals surface area contributed by atoms with Crippen LogP contribution >= 0.6 is 0 Å². The summed E-state index contributed by atoms with van der Waals surface area (Å²) in [5.41, 5.74) is 2.51. The van der Waals surface area contributed by atoms with Gasteiger partial charge in [0.05, 0.1) is 5.56 Å². The van der Waals surface area contributed by atoms with Crippen LogP contribution in [0.2, 0.25) is 0 Å². The number of hydrogen-bond acceptors (Lipinski definition) is 2. The van der Waals surface area contributed by atoms with Gasteiger partial charge in [0.1, 0.15) is 0 Å². The van der Waals surface area contributed by atoms with Gasteiger partial charge in [0, 0.05) is 0 Å². The molecule has 2 aromatic rings. The Morgan fingerprint density at radius 3 is 2.30 bits per heavy atom. The van der Waals surface area contributed by atoms with Gasteiger partial charge in [-0.25, -0.2) is 9.18 Å². The Hall–Kier alpha value is -2.16. The van der Waals surface area contributed by atoms with Crippen molar-refractivity contribution in [1.82, 2.24) is 0 Å². The summed E-state index contributed by atoms with van der Waals surface area (Å²) in [5, 5.41) is 0. The van der Waals surface area contributed by atoms with E-state index in [0.717, 1.165) is 24.8 Å². The van der Waals surface area contributed by atoms with Crippen molar-refractivity contribution < 1.29 is 13.9 Å². The predicted molar refractivity (Wildman–Crippen MR) is 90.4 cm³/mol. The van der Waals surface area contributed by atoms with Crippen molar-refractivity contribution in [3.05, 3.63) is 65.0 Å². The zero-order valence-corrected chi connectivity index (χ0v) is 13.8. The molecule has 2 aromatic carbocycles. The van der Waals surface area contributed by atoms with E-state index >= 15 is 0 Å². The second-order valence-corrected chi connectivity index (χ2v) is 5.66. The normalized spacial score (nSPS) is 10.6. The van der Waals surface area contributed by atoms with Gasteiger partial charge in [0.25, 0.3) is 0 Å². The Morgan fingerprint density at radius 1 is 1.00 bits per heavy atom. The number of carbonyl (C=O) groups is 1. The highest BCUT2D eigenvalue weighted by atomic mass is 19.1. The van der Waals surface area contributed by atoms with Gasteiger partial charge in [0.2, 0.25) is 0 Å². The summed E-state index contributed by atoms with van der Waals surface area (Å²) < 4.78 is 19.0. The number of halogens is 1. The molecule has 2 nitrogen and oxygen atoms in total. The van der Waals surface area contributed by atoms with Gasteiger partial charge in [-0.3, -0.25) is 0 Å². The predicted octanol–water partition coefficient (Wildman–Crippen LogP) is 5.34. The molecule has 0 aliphatic heterocycles. The number of rotatable bonds is 7. The maximum Gasteiger partial charge on any atom is 0.343 e. The van der Waals surface area contributed by atoms with Crippen LogP contribution in [-0.4, -0.2) is 5.97 Å². The second kappa shape index (κ2) is 8.47. The van der Waals surface area contributed by atoms with Crippen molar-refractivity contribution in [3.8, 4) is 5.75 Å². The van der Waals surface area contributed by atoms with Crippen LogP contribution in [0.1, 0.15) is 54.6 Å². The molecule has 0 bridgehead atoms. The number of benzene rings is 2. The third-order valence-electron chi connectivity index (χ3n) is 3.87. The molecular formula is C20H23FO2. The average Bonchev–Trinajstić information content (AvgIpc) is 2.57. The number of aryl methyl sites for hydroxylation is 2. The fourth-order valence-electron chi connectivity index (χ4n) is 2.39. The largest absolute Gasteiger partial charge is 0.420 e. The maximum atomic E-state index is 13.9. The van der Waals surface area contributed by atoms with Crippen molar-refractivity contribution in [1.29, 1.82) is 0 Å². The third-order valence-corrected chi connectivity index (χ3v) is 3.87. The van der Waals surface area contributed by atoms with E-state index in [1.54, 1.807) is 18.2 Å². The van der Waals surface area contributed by atoms with Gasteiger partial charge in [-0.2, -0.15) is 0 Å². The molecule has 23 heavy (non-hydrogen) atoms. The molecule has 2 rings (SSSR count). The first-order chi connectivity index (χ1) is 11.1. The van der Waals surface area contributed by atoms with Crippen LogP contribution in [-0.2, 0) is 12.8 Å². The number of hydrogen-bond donors (Lipinski definition) is 0. The Morgan fingerprint density at radius 2 is 1.70 bits per heavy atom. The van der Waals surface area contributed by atoms with Crippen molar-refractivity contribution in [2.75, 3.05) is 0 Å². The Labute approximate surface area is 137 Å². The van der Waals surface area contributed by atoms with E-state index in [9.17, 15) is 9.18 Å². The summed E-state index contributed by atoms with van der Waals surface area (Å²) in [5.74, 6) is -1.07.